The van der Waals surface area contributed by atoms with E-state index < -0.39 is 12.3 Å². The minimum Gasteiger partial charge on any atom is -0.449 e. The predicted molar refractivity (Wildman–Crippen MR) is 67.4 cm³/mol. The second kappa shape index (κ2) is 5.54. The van der Waals surface area contributed by atoms with E-state index in [0.717, 1.165) is 0 Å². The predicted octanol–water partition coefficient (Wildman–Crippen LogP) is 1.72. The van der Waals surface area contributed by atoms with Gasteiger partial charge in [0.2, 0.25) is 0 Å². The van der Waals surface area contributed by atoms with E-state index in [-0.39, 0.29) is 30.6 Å². The minimum absolute atomic E-state index is 0.0382. The number of ether oxygens (including phenoxy) is 1. The van der Waals surface area contributed by atoms with Gasteiger partial charge in [0.25, 0.3) is 5.91 Å². The lowest BCUT2D eigenvalue weighted by Crippen LogP contribution is -2.55. The lowest BCUT2D eigenvalue weighted by Gasteiger charge is -2.44. The first-order chi connectivity index (χ1) is 9.30. The van der Waals surface area contributed by atoms with Gasteiger partial charge >= 0.3 is 12.5 Å². The molecule has 2 fully saturated rings. The summed E-state index contributed by atoms with van der Waals surface area (Å²) in [6.07, 6.45) is -2.26. The fourth-order valence-corrected chi connectivity index (χ4v) is 2.73. The van der Waals surface area contributed by atoms with E-state index in [9.17, 15) is 18.4 Å². The SMILES string of the molecule is CC1(C)COC(=O)N(C2CCN(C(=O)C(F)F)CC2)C1. The van der Waals surface area contributed by atoms with Crippen LogP contribution in [0.15, 0.2) is 0 Å². The van der Waals surface area contributed by atoms with Gasteiger partial charge in [-0.05, 0) is 12.8 Å². The number of carbonyl (C=O) groups is 2. The molecule has 0 aromatic carbocycles. The van der Waals surface area contributed by atoms with Gasteiger partial charge in [-0.15, -0.1) is 0 Å². The highest BCUT2D eigenvalue weighted by atomic mass is 19.3. The van der Waals surface area contributed by atoms with Gasteiger partial charge in [-0.1, -0.05) is 13.8 Å². The van der Waals surface area contributed by atoms with Gasteiger partial charge in [-0.2, -0.15) is 8.78 Å². The lowest BCUT2D eigenvalue weighted by atomic mass is 9.91. The Hall–Kier alpha value is -1.40. The van der Waals surface area contributed by atoms with Crippen molar-refractivity contribution < 1.29 is 23.1 Å². The van der Waals surface area contributed by atoms with Crippen LogP contribution >= 0.6 is 0 Å². The molecule has 0 aliphatic carbocycles. The smallest absolute Gasteiger partial charge is 0.410 e. The number of carbonyl (C=O) groups excluding carboxylic acids is 2. The number of cyclic esters (lactones) is 1. The quantitative estimate of drug-likeness (QED) is 0.778. The van der Waals surface area contributed by atoms with E-state index in [1.165, 1.54) is 4.90 Å². The first-order valence-electron chi connectivity index (χ1n) is 6.80. The summed E-state index contributed by atoms with van der Waals surface area (Å²) in [4.78, 5) is 25.9. The van der Waals surface area contributed by atoms with Crippen molar-refractivity contribution in [2.24, 2.45) is 5.41 Å². The fourth-order valence-electron chi connectivity index (χ4n) is 2.73. The first-order valence-corrected chi connectivity index (χ1v) is 6.80. The molecule has 2 rings (SSSR count). The maximum Gasteiger partial charge on any atom is 0.410 e. The summed E-state index contributed by atoms with van der Waals surface area (Å²) in [7, 11) is 0. The van der Waals surface area contributed by atoms with E-state index in [2.05, 4.69) is 0 Å². The van der Waals surface area contributed by atoms with Crippen molar-refractivity contribution >= 4 is 12.0 Å². The molecule has 114 valence electrons. The molecule has 2 aliphatic rings. The Morgan fingerprint density at radius 3 is 2.50 bits per heavy atom. The third-order valence-electron chi connectivity index (χ3n) is 3.82. The van der Waals surface area contributed by atoms with E-state index in [1.54, 1.807) is 4.90 Å². The summed E-state index contributed by atoms with van der Waals surface area (Å²) >= 11 is 0. The molecule has 0 N–H and O–H groups in total. The molecule has 0 bridgehead atoms. The van der Waals surface area contributed by atoms with Gasteiger partial charge in [0, 0.05) is 31.1 Å². The highest BCUT2D eigenvalue weighted by molar-refractivity contribution is 5.79. The number of likely N-dealkylation sites (tertiary alicyclic amines) is 1. The van der Waals surface area contributed by atoms with Crippen LogP contribution in [0.4, 0.5) is 13.6 Å². The number of piperidine rings is 1. The van der Waals surface area contributed by atoms with Gasteiger partial charge in [-0.25, -0.2) is 4.79 Å². The summed E-state index contributed by atoms with van der Waals surface area (Å²) < 4.78 is 29.9. The Morgan fingerprint density at radius 2 is 1.95 bits per heavy atom. The van der Waals surface area contributed by atoms with Crippen molar-refractivity contribution in [1.29, 1.82) is 0 Å². The van der Waals surface area contributed by atoms with Gasteiger partial charge in [0.1, 0.15) is 0 Å². The van der Waals surface area contributed by atoms with Crippen LogP contribution in [0.2, 0.25) is 0 Å². The molecular formula is C13H20F2N2O3. The van der Waals surface area contributed by atoms with Crippen LogP contribution in [0.25, 0.3) is 0 Å². The molecule has 2 amide bonds. The highest BCUT2D eigenvalue weighted by Gasteiger charge is 2.38. The topological polar surface area (TPSA) is 49.9 Å². The Morgan fingerprint density at radius 1 is 1.35 bits per heavy atom. The van der Waals surface area contributed by atoms with Crippen LogP contribution in [0.5, 0.6) is 0 Å². The molecule has 2 saturated heterocycles. The van der Waals surface area contributed by atoms with E-state index in [1.807, 2.05) is 13.8 Å². The van der Waals surface area contributed by atoms with Gasteiger partial charge in [0.05, 0.1) is 6.61 Å². The molecule has 0 aromatic rings. The molecule has 0 radical (unpaired) electrons. The highest BCUT2D eigenvalue weighted by Crippen LogP contribution is 2.28. The largest absolute Gasteiger partial charge is 0.449 e. The zero-order valence-electron chi connectivity index (χ0n) is 11.8. The Bertz CT molecular complexity index is 393. The monoisotopic (exact) mass is 290 g/mol. The first kappa shape index (κ1) is 15.0. The zero-order valence-corrected chi connectivity index (χ0v) is 11.8. The summed E-state index contributed by atoms with van der Waals surface area (Å²) in [5.74, 6) is -1.12. The normalized spacial score (nSPS) is 23.9. The summed E-state index contributed by atoms with van der Waals surface area (Å²) in [6.45, 7) is 5.55. The third-order valence-corrected chi connectivity index (χ3v) is 3.82. The number of nitrogens with zero attached hydrogens (tertiary/aromatic N) is 2. The second-order valence-corrected chi connectivity index (χ2v) is 6.20. The van der Waals surface area contributed by atoms with Gasteiger partial charge in [0.15, 0.2) is 0 Å². The molecular weight excluding hydrogens is 270 g/mol. The number of amides is 2. The molecule has 5 nitrogen and oxygen atoms in total. The number of halogens is 2. The van der Waals surface area contributed by atoms with Crippen molar-refractivity contribution in [3.05, 3.63) is 0 Å². The molecule has 0 saturated carbocycles. The summed E-state index contributed by atoms with van der Waals surface area (Å²) in [6, 6.07) is -0.0382. The average Bonchev–Trinajstić information content (AvgIpc) is 2.41. The van der Waals surface area contributed by atoms with E-state index >= 15 is 0 Å². The number of alkyl halides is 2. The molecule has 7 heteroatoms. The maximum absolute atomic E-state index is 12.4. The van der Waals surface area contributed by atoms with Crippen LogP contribution in [-0.4, -0.2) is 60.5 Å². The van der Waals surface area contributed by atoms with Crippen molar-refractivity contribution in [1.82, 2.24) is 9.80 Å². The summed E-state index contributed by atoms with van der Waals surface area (Å²) in [5.41, 5.74) is -0.107. The van der Waals surface area contributed by atoms with Crippen LogP contribution in [0, 0.1) is 5.41 Å². The maximum atomic E-state index is 12.4. The van der Waals surface area contributed by atoms with Crippen LogP contribution in [-0.2, 0) is 9.53 Å². The molecule has 2 heterocycles. The van der Waals surface area contributed by atoms with Gasteiger partial charge in [-0.3, -0.25) is 4.79 Å². The molecule has 0 aromatic heterocycles. The van der Waals surface area contributed by atoms with Crippen molar-refractivity contribution in [3.63, 3.8) is 0 Å². The zero-order chi connectivity index (χ0) is 14.9. The molecule has 0 atom stereocenters. The van der Waals surface area contributed by atoms with Crippen molar-refractivity contribution in [3.8, 4) is 0 Å². The van der Waals surface area contributed by atoms with Crippen molar-refractivity contribution in [2.45, 2.75) is 39.2 Å². The average molecular weight is 290 g/mol. The lowest BCUT2D eigenvalue weighted by molar-refractivity contribution is -0.144. The van der Waals surface area contributed by atoms with Crippen LogP contribution < -0.4 is 0 Å². The molecule has 2 aliphatic heterocycles. The Labute approximate surface area is 116 Å². The van der Waals surface area contributed by atoms with Crippen LogP contribution in [0.1, 0.15) is 26.7 Å². The van der Waals surface area contributed by atoms with E-state index in [0.29, 0.717) is 26.0 Å². The number of hydrogen-bond acceptors (Lipinski definition) is 3. The van der Waals surface area contributed by atoms with Crippen LogP contribution in [0.3, 0.4) is 0 Å². The standard InChI is InChI=1S/C13H20F2N2O3/c1-13(2)7-17(12(19)20-8-13)9-3-5-16(6-4-9)11(18)10(14)15/h9-10H,3-8H2,1-2H3. The number of rotatable bonds is 2. The van der Waals surface area contributed by atoms with E-state index in [4.69, 9.17) is 4.74 Å². The fraction of sp³-hybridized carbons (Fsp3) is 0.846. The number of hydrogen-bond donors (Lipinski definition) is 0. The second-order valence-electron chi connectivity index (χ2n) is 6.20. The molecule has 0 spiro atoms. The third kappa shape index (κ3) is 3.19. The molecule has 0 unspecified atom stereocenters. The Balaban J connectivity index is 1.93. The minimum atomic E-state index is -2.95. The summed E-state index contributed by atoms with van der Waals surface area (Å²) in [5, 5.41) is 0. The van der Waals surface area contributed by atoms with Gasteiger partial charge < -0.3 is 14.5 Å². The van der Waals surface area contributed by atoms with Crippen molar-refractivity contribution in [2.75, 3.05) is 26.2 Å². The Kier molecular flexibility index (Phi) is 4.15. The molecule has 20 heavy (non-hydrogen) atoms.